The quantitative estimate of drug-likeness (QED) is 0.190. The van der Waals surface area contributed by atoms with Crippen molar-refractivity contribution in [2.75, 3.05) is 0 Å². The van der Waals surface area contributed by atoms with Crippen molar-refractivity contribution in [3.8, 4) is 28.5 Å². The molecular formula is C42H49N2O+. The van der Waals surface area contributed by atoms with Crippen LogP contribution in [0.25, 0.3) is 44.3 Å². The molecule has 2 heterocycles. The van der Waals surface area contributed by atoms with Crippen LogP contribution in [0.15, 0.2) is 65.2 Å². The molecule has 45 heavy (non-hydrogen) atoms. The van der Waals surface area contributed by atoms with E-state index in [1.807, 2.05) is 12.1 Å². The molecule has 0 unspecified atom stereocenters. The van der Waals surface area contributed by atoms with E-state index in [9.17, 15) is 5.26 Å². The van der Waals surface area contributed by atoms with Crippen molar-refractivity contribution in [1.82, 2.24) is 0 Å². The third kappa shape index (κ3) is 4.04. The van der Waals surface area contributed by atoms with Gasteiger partial charge in [0.05, 0.1) is 17.2 Å². The van der Waals surface area contributed by atoms with Gasteiger partial charge in [-0.3, -0.25) is 0 Å². The molecule has 3 nitrogen and oxygen atoms in total. The number of nitriles is 1. The zero-order valence-electron chi connectivity index (χ0n) is 29.6. The van der Waals surface area contributed by atoms with Crippen LogP contribution < -0.4 is 4.57 Å². The molecule has 0 N–H and O–H groups in total. The van der Waals surface area contributed by atoms with E-state index in [4.69, 9.17) is 4.42 Å². The molecule has 2 aromatic heterocycles. The maximum atomic E-state index is 10.5. The molecule has 0 fully saturated rings. The molecule has 3 heteroatoms. The van der Waals surface area contributed by atoms with Gasteiger partial charge in [0.15, 0.2) is 6.20 Å². The molecule has 0 saturated carbocycles. The number of aryl methyl sites for hydroxylation is 2. The van der Waals surface area contributed by atoms with Gasteiger partial charge in [0, 0.05) is 28.5 Å². The molecule has 6 rings (SSSR count). The highest BCUT2D eigenvalue weighted by Crippen LogP contribution is 2.67. The van der Waals surface area contributed by atoms with E-state index in [0.29, 0.717) is 5.56 Å². The van der Waals surface area contributed by atoms with Crippen LogP contribution in [0.3, 0.4) is 0 Å². The van der Waals surface area contributed by atoms with Gasteiger partial charge in [-0.2, -0.15) is 5.26 Å². The molecule has 1 aliphatic rings. The molecule has 5 aromatic rings. The van der Waals surface area contributed by atoms with Crippen molar-refractivity contribution < 1.29 is 8.98 Å². The Kier molecular flexibility index (Phi) is 6.60. The van der Waals surface area contributed by atoms with E-state index in [1.54, 1.807) is 0 Å². The van der Waals surface area contributed by atoms with Crippen LogP contribution in [0.2, 0.25) is 0 Å². The Morgan fingerprint density at radius 1 is 0.756 bits per heavy atom. The van der Waals surface area contributed by atoms with Crippen LogP contribution in [0.4, 0.5) is 0 Å². The Morgan fingerprint density at radius 2 is 1.36 bits per heavy atom. The van der Waals surface area contributed by atoms with Gasteiger partial charge in [-0.15, -0.1) is 0 Å². The van der Waals surface area contributed by atoms with E-state index >= 15 is 0 Å². The van der Waals surface area contributed by atoms with Crippen molar-refractivity contribution in [2.45, 2.75) is 99.3 Å². The third-order valence-corrected chi connectivity index (χ3v) is 12.7. The maximum absolute atomic E-state index is 10.5. The molecule has 0 atom stereocenters. The Bertz CT molecular complexity index is 2070. The lowest BCUT2D eigenvalue weighted by atomic mass is 9.39. The first-order chi connectivity index (χ1) is 20.8. The predicted octanol–water partition coefficient (Wildman–Crippen LogP) is 10.8. The third-order valence-electron chi connectivity index (χ3n) is 12.7. The van der Waals surface area contributed by atoms with Gasteiger partial charge in [0.25, 0.3) is 0 Å². The fourth-order valence-corrected chi connectivity index (χ4v) is 8.24. The summed E-state index contributed by atoms with van der Waals surface area (Å²) < 4.78 is 9.12. The molecule has 0 amide bonds. The number of hydrogen-bond acceptors (Lipinski definition) is 2. The summed E-state index contributed by atoms with van der Waals surface area (Å²) in [5, 5.41) is 12.6. The molecular weight excluding hydrogens is 548 g/mol. The van der Waals surface area contributed by atoms with E-state index in [0.717, 1.165) is 49.9 Å². The largest absolute Gasteiger partial charge is 0.454 e. The number of hydrogen-bond donors (Lipinski definition) is 0. The lowest BCUT2D eigenvalue weighted by molar-refractivity contribution is -0.660. The predicted molar refractivity (Wildman–Crippen MR) is 188 cm³/mol. The highest BCUT2D eigenvalue weighted by Gasteiger charge is 2.61. The van der Waals surface area contributed by atoms with Crippen molar-refractivity contribution >= 4 is 21.9 Å². The number of aromatic nitrogens is 1. The lowest BCUT2D eigenvalue weighted by Gasteiger charge is -2.65. The summed E-state index contributed by atoms with van der Waals surface area (Å²) in [7, 11) is 2.07. The van der Waals surface area contributed by atoms with Crippen molar-refractivity contribution in [3.63, 3.8) is 0 Å². The monoisotopic (exact) mass is 597 g/mol. The van der Waals surface area contributed by atoms with Crippen LogP contribution in [-0.2, 0) is 23.3 Å². The Balaban J connectivity index is 1.77. The van der Waals surface area contributed by atoms with E-state index < -0.39 is 0 Å². The molecule has 0 saturated heterocycles. The average Bonchev–Trinajstić information content (AvgIpc) is 3.33. The minimum Gasteiger partial charge on any atom is -0.454 e. The second-order valence-corrected chi connectivity index (χ2v) is 16.6. The first kappa shape index (κ1) is 31.1. The second kappa shape index (κ2) is 9.56. The molecule has 0 bridgehead atoms. The minimum atomic E-state index is -0.127. The summed E-state index contributed by atoms with van der Waals surface area (Å²) in [6.07, 6.45) is 2.07. The maximum Gasteiger partial charge on any atom is 0.216 e. The molecule has 0 radical (unpaired) electrons. The van der Waals surface area contributed by atoms with E-state index in [1.165, 1.54) is 16.7 Å². The van der Waals surface area contributed by atoms with Crippen LogP contribution in [0.1, 0.15) is 104 Å². The fraction of sp³-hybridized carbons (Fsp3) is 0.429. The summed E-state index contributed by atoms with van der Waals surface area (Å²) >= 11 is 0. The second-order valence-electron chi connectivity index (χ2n) is 16.6. The molecule has 1 aliphatic carbocycles. The minimum absolute atomic E-state index is 0.00859. The summed E-state index contributed by atoms with van der Waals surface area (Å²) in [6.45, 7) is 28.6. The van der Waals surface area contributed by atoms with E-state index in [-0.39, 0.29) is 27.1 Å². The van der Waals surface area contributed by atoms with Crippen molar-refractivity contribution in [2.24, 2.45) is 17.9 Å². The van der Waals surface area contributed by atoms with Crippen LogP contribution in [0, 0.1) is 29.1 Å². The number of fused-ring (bicyclic) bond motifs is 4. The Labute approximate surface area is 269 Å². The number of pyridine rings is 1. The van der Waals surface area contributed by atoms with Crippen LogP contribution in [-0.4, -0.2) is 0 Å². The normalized spacial score (nSPS) is 18.1. The Hall–Kier alpha value is -3.90. The molecule has 232 valence electrons. The summed E-state index contributed by atoms with van der Waals surface area (Å²) in [5.41, 5.74) is 11.4. The summed E-state index contributed by atoms with van der Waals surface area (Å²) in [4.78, 5) is 0. The highest BCUT2D eigenvalue weighted by atomic mass is 16.3. The van der Waals surface area contributed by atoms with Gasteiger partial charge in [-0.1, -0.05) is 100 Å². The van der Waals surface area contributed by atoms with Gasteiger partial charge in [-0.05, 0) is 80.0 Å². The highest BCUT2D eigenvalue weighted by molar-refractivity contribution is 6.14. The van der Waals surface area contributed by atoms with Gasteiger partial charge in [-0.25, -0.2) is 4.57 Å². The number of benzene rings is 3. The zero-order valence-corrected chi connectivity index (χ0v) is 29.6. The first-order valence-electron chi connectivity index (χ1n) is 16.3. The van der Waals surface area contributed by atoms with Gasteiger partial charge in [0.2, 0.25) is 5.69 Å². The van der Waals surface area contributed by atoms with Crippen molar-refractivity contribution in [3.05, 3.63) is 88.6 Å². The van der Waals surface area contributed by atoms with Gasteiger partial charge in [0.1, 0.15) is 18.2 Å². The standard InChI is InChI=1S/C42H49N2O/c1-25-17-19-28-29-20-18-26(24-43)34(37(29)45-36(28)33(25)32-16-14-15-21-44(32)13)27-22-30(38(2,3)4)35-31(23-27)39(5,6)41(9,10)42(11,12)40(35,7)8/h14-23H,1-13H3/q+1. The topological polar surface area (TPSA) is 40.8 Å². The smallest absolute Gasteiger partial charge is 0.216 e. The lowest BCUT2D eigenvalue weighted by Crippen LogP contribution is -2.60. The van der Waals surface area contributed by atoms with Crippen LogP contribution >= 0.6 is 0 Å². The SMILES string of the molecule is Cc1ccc2c(oc3c(-c4cc(C(C)(C)C)c5c(c4)C(C)(C)C(C)(C)C(C)(C)C5(C)C)c(C#N)ccc32)c1-c1cccc[n+]1C. The number of furan rings is 1. The molecule has 0 aliphatic heterocycles. The first-order valence-corrected chi connectivity index (χ1v) is 16.3. The fourth-order valence-electron chi connectivity index (χ4n) is 8.24. The van der Waals surface area contributed by atoms with Crippen LogP contribution in [0.5, 0.6) is 0 Å². The van der Waals surface area contributed by atoms with Gasteiger partial charge >= 0.3 is 0 Å². The van der Waals surface area contributed by atoms with Crippen molar-refractivity contribution in [1.29, 1.82) is 5.26 Å². The zero-order chi connectivity index (χ0) is 33.1. The molecule has 0 spiro atoms. The number of nitrogens with zero attached hydrogens (tertiary/aromatic N) is 2. The summed E-state index contributed by atoms with van der Waals surface area (Å²) in [6, 6.07) is 22.0. The number of rotatable bonds is 2. The summed E-state index contributed by atoms with van der Waals surface area (Å²) in [5.74, 6) is 0. The van der Waals surface area contributed by atoms with E-state index in [2.05, 4.69) is 149 Å². The van der Waals surface area contributed by atoms with Gasteiger partial charge < -0.3 is 4.42 Å². The molecule has 3 aromatic carbocycles. The average molecular weight is 598 g/mol. The Morgan fingerprint density at radius 3 is 1.96 bits per heavy atom.